The molecule has 2 aromatic rings. The fraction of sp³-hybridized carbons (Fsp3) is 0.118. The van der Waals surface area contributed by atoms with Gasteiger partial charge in [0.05, 0.1) is 0 Å². The van der Waals surface area contributed by atoms with Crippen LogP contribution < -0.4 is 4.48 Å². The summed E-state index contributed by atoms with van der Waals surface area (Å²) in [5, 5.41) is 0. The molecule has 1 aromatic carbocycles. The van der Waals surface area contributed by atoms with Gasteiger partial charge in [-0.1, -0.05) is 30.3 Å². The molecule has 94 valence electrons. The van der Waals surface area contributed by atoms with Crippen LogP contribution in [0.15, 0.2) is 79.2 Å². The van der Waals surface area contributed by atoms with Crippen molar-refractivity contribution in [3.63, 3.8) is 0 Å². The van der Waals surface area contributed by atoms with Crippen LogP contribution >= 0.6 is 0 Å². The second-order valence-electron chi connectivity index (χ2n) is 4.77. The highest BCUT2D eigenvalue weighted by Gasteiger charge is 2.38. The van der Waals surface area contributed by atoms with E-state index in [4.69, 9.17) is 0 Å². The zero-order chi connectivity index (χ0) is 13.1. The number of pyridine rings is 1. The predicted molar refractivity (Wildman–Crippen MR) is 79.9 cm³/mol. The lowest BCUT2D eigenvalue weighted by molar-refractivity contribution is 0.437. The van der Waals surface area contributed by atoms with Crippen molar-refractivity contribution in [2.24, 2.45) is 0 Å². The van der Waals surface area contributed by atoms with Crippen molar-refractivity contribution in [1.82, 2.24) is 9.47 Å². The lowest BCUT2D eigenvalue weighted by atomic mass is 10.1. The Hall–Kier alpha value is -2.19. The SMILES string of the molecule is CC1C=CC=C[N+]1(c1ccccc1)c1ccccn1. The molecule has 1 aliphatic rings. The number of para-hydroxylation sites is 1. The lowest BCUT2D eigenvalue weighted by Crippen LogP contribution is -2.47. The van der Waals surface area contributed by atoms with Crippen LogP contribution in [0, 0.1) is 0 Å². The zero-order valence-corrected chi connectivity index (χ0v) is 11.0. The molecule has 3 rings (SSSR count). The highest BCUT2D eigenvalue weighted by Crippen LogP contribution is 2.38. The third kappa shape index (κ3) is 1.90. The molecule has 1 aromatic heterocycles. The highest BCUT2D eigenvalue weighted by molar-refractivity contribution is 5.60. The average Bonchev–Trinajstić information content (AvgIpc) is 2.50. The molecule has 0 aliphatic carbocycles. The largest absolute Gasteiger partial charge is 0.237 e. The first-order chi connectivity index (χ1) is 9.34. The second kappa shape index (κ2) is 4.82. The van der Waals surface area contributed by atoms with E-state index in [1.807, 2.05) is 24.4 Å². The van der Waals surface area contributed by atoms with E-state index in [2.05, 4.69) is 66.7 Å². The molecule has 2 unspecified atom stereocenters. The van der Waals surface area contributed by atoms with Crippen LogP contribution in [0.5, 0.6) is 0 Å². The third-order valence-corrected chi connectivity index (χ3v) is 3.68. The van der Waals surface area contributed by atoms with E-state index in [1.165, 1.54) is 5.69 Å². The molecule has 0 saturated heterocycles. The first kappa shape index (κ1) is 11.9. The van der Waals surface area contributed by atoms with Crippen molar-refractivity contribution in [2.45, 2.75) is 13.0 Å². The summed E-state index contributed by atoms with van der Waals surface area (Å²) in [5.41, 5.74) is 1.23. The summed E-state index contributed by atoms with van der Waals surface area (Å²) < 4.78 is 0.637. The fourth-order valence-corrected chi connectivity index (χ4v) is 2.67. The molecule has 0 radical (unpaired) electrons. The number of hydrogen-bond acceptors (Lipinski definition) is 1. The molecule has 0 N–H and O–H groups in total. The molecule has 2 atom stereocenters. The Morgan fingerprint density at radius 2 is 1.74 bits per heavy atom. The van der Waals surface area contributed by atoms with E-state index in [9.17, 15) is 0 Å². The number of nitrogens with zero attached hydrogens (tertiary/aromatic N) is 2. The maximum atomic E-state index is 4.59. The highest BCUT2D eigenvalue weighted by atomic mass is 15.4. The topological polar surface area (TPSA) is 12.9 Å². The first-order valence-corrected chi connectivity index (χ1v) is 6.56. The van der Waals surface area contributed by atoms with Crippen LogP contribution in [0.4, 0.5) is 11.5 Å². The Labute approximate surface area is 113 Å². The molecule has 0 saturated carbocycles. The molecule has 2 heterocycles. The van der Waals surface area contributed by atoms with Gasteiger partial charge in [-0.2, -0.15) is 0 Å². The molecular formula is C17H17N2+. The van der Waals surface area contributed by atoms with Crippen LogP contribution in [-0.4, -0.2) is 11.0 Å². The summed E-state index contributed by atoms with van der Waals surface area (Å²) in [6.07, 6.45) is 10.5. The summed E-state index contributed by atoms with van der Waals surface area (Å²) in [7, 11) is 0. The van der Waals surface area contributed by atoms with E-state index in [1.54, 1.807) is 0 Å². The van der Waals surface area contributed by atoms with Gasteiger partial charge in [-0.25, -0.2) is 9.47 Å². The second-order valence-corrected chi connectivity index (χ2v) is 4.77. The molecule has 0 amide bonds. The smallest absolute Gasteiger partial charge is 0.211 e. The van der Waals surface area contributed by atoms with Crippen LogP contribution in [-0.2, 0) is 0 Å². The molecule has 2 heteroatoms. The van der Waals surface area contributed by atoms with Crippen molar-refractivity contribution >= 4 is 11.5 Å². The summed E-state index contributed by atoms with van der Waals surface area (Å²) in [4.78, 5) is 4.59. The molecule has 0 bridgehead atoms. The minimum absolute atomic E-state index is 0.322. The van der Waals surface area contributed by atoms with Crippen molar-refractivity contribution in [2.75, 3.05) is 0 Å². The van der Waals surface area contributed by atoms with E-state index >= 15 is 0 Å². The average molecular weight is 249 g/mol. The maximum absolute atomic E-state index is 4.59. The zero-order valence-electron chi connectivity index (χ0n) is 11.0. The van der Waals surface area contributed by atoms with E-state index in [-0.39, 0.29) is 0 Å². The fourth-order valence-electron chi connectivity index (χ4n) is 2.67. The summed E-state index contributed by atoms with van der Waals surface area (Å²) in [6.45, 7) is 2.22. The maximum Gasteiger partial charge on any atom is 0.237 e. The minimum atomic E-state index is 0.322. The monoisotopic (exact) mass is 249 g/mol. The van der Waals surface area contributed by atoms with Gasteiger partial charge in [0.1, 0.15) is 17.9 Å². The number of aromatic nitrogens is 1. The predicted octanol–water partition coefficient (Wildman–Crippen LogP) is 4.19. The van der Waals surface area contributed by atoms with Gasteiger partial charge in [-0.05, 0) is 25.1 Å². The minimum Gasteiger partial charge on any atom is -0.211 e. The van der Waals surface area contributed by atoms with Gasteiger partial charge < -0.3 is 0 Å². The molecular weight excluding hydrogens is 232 g/mol. The Balaban J connectivity index is 2.23. The van der Waals surface area contributed by atoms with Crippen molar-refractivity contribution < 1.29 is 0 Å². The Kier molecular flexibility index (Phi) is 3.02. The first-order valence-electron chi connectivity index (χ1n) is 6.56. The summed E-state index contributed by atoms with van der Waals surface area (Å²) >= 11 is 0. The standard InChI is InChI=1S/C17H17N2/c1-15-9-6-8-14-19(15,16-10-3-2-4-11-16)17-12-5-7-13-18-17/h2-15H,1H3/q+1. The summed E-state index contributed by atoms with van der Waals surface area (Å²) in [5.74, 6) is 1.04. The van der Waals surface area contributed by atoms with Crippen LogP contribution in [0.2, 0.25) is 0 Å². The number of allylic oxidation sites excluding steroid dienone is 2. The molecule has 1 aliphatic heterocycles. The van der Waals surface area contributed by atoms with Crippen LogP contribution in [0.3, 0.4) is 0 Å². The van der Waals surface area contributed by atoms with Gasteiger partial charge >= 0.3 is 0 Å². The van der Waals surface area contributed by atoms with Crippen molar-refractivity contribution in [3.05, 3.63) is 79.2 Å². The Morgan fingerprint density at radius 1 is 0.947 bits per heavy atom. The number of quaternary nitrogens is 1. The van der Waals surface area contributed by atoms with Gasteiger partial charge in [0.15, 0.2) is 0 Å². The van der Waals surface area contributed by atoms with Crippen molar-refractivity contribution in [3.8, 4) is 0 Å². The van der Waals surface area contributed by atoms with E-state index in [0.29, 0.717) is 10.5 Å². The molecule has 0 fully saturated rings. The van der Waals surface area contributed by atoms with Gasteiger partial charge in [0.25, 0.3) is 0 Å². The Bertz CT molecular complexity index is 560. The van der Waals surface area contributed by atoms with Crippen LogP contribution in [0.25, 0.3) is 0 Å². The van der Waals surface area contributed by atoms with Gasteiger partial charge in [0, 0.05) is 24.4 Å². The number of rotatable bonds is 2. The number of hydrogen-bond donors (Lipinski definition) is 0. The van der Waals surface area contributed by atoms with Gasteiger partial charge in [0.2, 0.25) is 5.82 Å². The molecule has 2 nitrogen and oxygen atoms in total. The third-order valence-electron chi connectivity index (χ3n) is 3.68. The van der Waals surface area contributed by atoms with E-state index in [0.717, 1.165) is 5.82 Å². The Morgan fingerprint density at radius 3 is 2.42 bits per heavy atom. The summed E-state index contributed by atoms with van der Waals surface area (Å²) in [6, 6.07) is 16.9. The normalized spacial score (nSPS) is 25.4. The lowest BCUT2D eigenvalue weighted by Gasteiger charge is -2.38. The van der Waals surface area contributed by atoms with Crippen molar-refractivity contribution in [1.29, 1.82) is 0 Å². The van der Waals surface area contributed by atoms with Crippen LogP contribution in [0.1, 0.15) is 6.92 Å². The quantitative estimate of drug-likeness (QED) is 0.727. The molecule has 0 spiro atoms. The number of benzene rings is 1. The van der Waals surface area contributed by atoms with Gasteiger partial charge in [-0.15, -0.1) is 0 Å². The van der Waals surface area contributed by atoms with Gasteiger partial charge in [-0.3, -0.25) is 0 Å². The van der Waals surface area contributed by atoms with E-state index < -0.39 is 0 Å². The molecule has 19 heavy (non-hydrogen) atoms.